The minimum atomic E-state index is -0.291. The van der Waals surface area contributed by atoms with E-state index in [9.17, 15) is 9.18 Å². The number of amides is 1. The average molecular weight is 467 g/mol. The molecule has 1 fully saturated rings. The van der Waals surface area contributed by atoms with Crippen LogP contribution in [-0.4, -0.2) is 28.5 Å². The number of anilines is 1. The van der Waals surface area contributed by atoms with Crippen LogP contribution in [0, 0.1) is 18.7 Å². The number of nitrogens with one attached hydrogen (secondary N) is 2. The van der Waals surface area contributed by atoms with E-state index in [4.69, 9.17) is 0 Å². The molecule has 0 aliphatic carbocycles. The number of aromatic nitrogens is 2. The number of carbonyl (C=O) groups is 1. The van der Waals surface area contributed by atoms with E-state index in [1.807, 2.05) is 36.7 Å². The van der Waals surface area contributed by atoms with Crippen molar-refractivity contribution in [3.63, 3.8) is 0 Å². The molecule has 5 nitrogen and oxygen atoms in total. The van der Waals surface area contributed by atoms with Crippen molar-refractivity contribution in [3.05, 3.63) is 47.8 Å². The van der Waals surface area contributed by atoms with Crippen molar-refractivity contribution in [1.29, 1.82) is 0 Å². The molecule has 1 amide bonds. The van der Waals surface area contributed by atoms with E-state index in [0.717, 1.165) is 60.5 Å². The lowest BCUT2D eigenvalue weighted by Gasteiger charge is -2.22. The van der Waals surface area contributed by atoms with Crippen molar-refractivity contribution in [2.45, 2.75) is 32.6 Å². The predicted molar refractivity (Wildman–Crippen MR) is 129 cm³/mol. The van der Waals surface area contributed by atoms with Crippen molar-refractivity contribution in [1.82, 2.24) is 14.9 Å². The highest BCUT2D eigenvalue weighted by Gasteiger charge is 2.16. The van der Waals surface area contributed by atoms with E-state index in [1.165, 1.54) is 12.1 Å². The smallest absolute Gasteiger partial charge is 0.224 e. The summed E-state index contributed by atoms with van der Waals surface area (Å²) in [4.78, 5) is 17.0. The molecule has 1 saturated heterocycles. The Bertz CT molecular complexity index is 1050. The molecule has 2 aromatic carbocycles. The van der Waals surface area contributed by atoms with Gasteiger partial charge in [-0.25, -0.2) is 9.37 Å². The molecule has 2 N–H and O–H groups in total. The van der Waals surface area contributed by atoms with Crippen LogP contribution < -0.4 is 10.6 Å². The molecule has 0 bridgehead atoms. The zero-order chi connectivity index (χ0) is 20.4. The number of halogens is 3. The van der Waals surface area contributed by atoms with Crippen LogP contribution in [0.4, 0.5) is 10.1 Å². The van der Waals surface area contributed by atoms with Gasteiger partial charge in [0.25, 0.3) is 0 Å². The minimum absolute atomic E-state index is 0. The van der Waals surface area contributed by atoms with Crippen LogP contribution in [0.15, 0.2) is 36.4 Å². The van der Waals surface area contributed by atoms with Crippen LogP contribution in [0.2, 0.25) is 0 Å². The summed E-state index contributed by atoms with van der Waals surface area (Å²) in [5, 5.41) is 6.40. The first kappa shape index (κ1) is 25.1. The molecule has 3 aromatic rings. The molecule has 0 radical (unpaired) electrons. The second-order valence-corrected chi connectivity index (χ2v) is 7.94. The monoisotopic (exact) mass is 466 g/mol. The van der Waals surface area contributed by atoms with Gasteiger partial charge in [-0.3, -0.25) is 4.79 Å². The Balaban J connectivity index is 0.00000171. The fourth-order valence-corrected chi connectivity index (χ4v) is 4.09. The third-order valence-corrected chi connectivity index (χ3v) is 5.84. The van der Waals surface area contributed by atoms with E-state index >= 15 is 0 Å². The quantitative estimate of drug-likeness (QED) is 0.539. The number of hydrogen-bond donors (Lipinski definition) is 2. The summed E-state index contributed by atoms with van der Waals surface area (Å²) in [6.07, 6.45) is 3.81. The van der Waals surface area contributed by atoms with Crippen molar-refractivity contribution >= 4 is 47.4 Å². The van der Waals surface area contributed by atoms with Gasteiger partial charge >= 0.3 is 0 Å². The standard InChI is InChI=1S/C23H27FN4O.2ClH/c1-15-13-17(23-27-20-14-18(24)5-7-21(20)28(23)2)4-6-19(15)26-22(29)8-3-16-9-11-25-12-10-16;;/h4-7,13-14,16,25H,3,8-12H2,1-2H3,(H,26,29);2*1H. The van der Waals surface area contributed by atoms with Gasteiger partial charge in [-0.05, 0) is 81.1 Å². The lowest BCUT2D eigenvalue weighted by atomic mass is 9.93. The Kier molecular flexibility index (Phi) is 8.86. The highest BCUT2D eigenvalue weighted by atomic mass is 35.5. The second kappa shape index (κ2) is 10.9. The van der Waals surface area contributed by atoms with Gasteiger partial charge in [0.05, 0.1) is 11.0 Å². The lowest BCUT2D eigenvalue weighted by Crippen LogP contribution is -2.28. The summed E-state index contributed by atoms with van der Waals surface area (Å²) in [6, 6.07) is 10.5. The van der Waals surface area contributed by atoms with Crippen LogP contribution in [0.5, 0.6) is 0 Å². The minimum Gasteiger partial charge on any atom is -0.327 e. The Hall–Kier alpha value is -2.15. The van der Waals surface area contributed by atoms with Crippen molar-refractivity contribution in [2.75, 3.05) is 18.4 Å². The third-order valence-electron chi connectivity index (χ3n) is 5.84. The summed E-state index contributed by atoms with van der Waals surface area (Å²) >= 11 is 0. The summed E-state index contributed by atoms with van der Waals surface area (Å²) in [5.41, 5.74) is 4.27. The molecule has 0 atom stereocenters. The summed E-state index contributed by atoms with van der Waals surface area (Å²) < 4.78 is 15.5. The SMILES string of the molecule is Cc1cc(-c2nc3cc(F)ccc3n2C)ccc1NC(=O)CCC1CCNCC1.Cl.Cl. The zero-order valence-corrected chi connectivity index (χ0v) is 19.4. The highest BCUT2D eigenvalue weighted by Crippen LogP contribution is 2.28. The van der Waals surface area contributed by atoms with Crippen LogP contribution in [0.1, 0.15) is 31.2 Å². The molecule has 1 aliphatic heterocycles. The number of hydrogen-bond acceptors (Lipinski definition) is 3. The molecule has 2 heterocycles. The van der Waals surface area contributed by atoms with Gasteiger partial charge < -0.3 is 15.2 Å². The first-order valence-corrected chi connectivity index (χ1v) is 10.2. The van der Waals surface area contributed by atoms with Gasteiger partial charge in [-0.1, -0.05) is 0 Å². The molecule has 168 valence electrons. The molecule has 8 heteroatoms. The van der Waals surface area contributed by atoms with Gasteiger partial charge in [0.2, 0.25) is 5.91 Å². The molecular weight excluding hydrogens is 438 g/mol. The fourth-order valence-electron chi connectivity index (χ4n) is 4.09. The van der Waals surface area contributed by atoms with E-state index < -0.39 is 0 Å². The summed E-state index contributed by atoms with van der Waals surface area (Å²) in [6.45, 7) is 4.09. The Morgan fingerprint density at radius 3 is 2.65 bits per heavy atom. The largest absolute Gasteiger partial charge is 0.327 e. The molecular formula is C23H29Cl2FN4O. The molecule has 1 aliphatic rings. The van der Waals surface area contributed by atoms with Crippen molar-refractivity contribution in [3.8, 4) is 11.4 Å². The topological polar surface area (TPSA) is 59.0 Å². The molecule has 1 aromatic heterocycles. The Morgan fingerprint density at radius 2 is 1.94 bits per heavy atom. The summed E-state index contributed by atoms with van der Waals surface area (Å²) in [7, 11) is 1.92. The van der Waals surface area contributed by atoms with E-state index in [1.54, 1.807) is 6.07 Å². The van der Waals surface area contributed by atoms with Gasteiger partial charge in [-0.2, -0.15) is 0 Å². The maximum Gasteiger partial charge on any atom is 0.224 e. The van der Waals surface area contributed by atoms with Crippen LogP contribution in [0.3, 0.4) is 0 Å². The first-order chi connectivity index (χ1) is 14.0. The summed E-state index contributed by atoms with van der Waals surface area (Å²) in [5.74, 6) is 1.20. The van der Waals surface area contributed by atoms with E-state index in [2.05, 4.69) is 15.6 Å². The molecule has 31 heavy (non-hydrogen) atoms. The van der Waals surface area contributed by atoms with Crippen LogP contribution in [0.25, 0.3) is 22.4 Å². The Labute approximate surface area is 194 Å². The number of rotatable bonds is 5. The van der Waals surface area contributed by atoms with Gasteiger partial charge in [0, 0.05) is 30.8 Å². The number of imidazole rings is 1. The molecule has 0 saturated carbocycles. The fraction of sp³-hybridized carbons (Fsp3) is 0.391. The second-order valence-electron chi connectivity index (χ2n) is 7.94. The van der Waals surface area contributed by atoms with Crippen LogP contribution in [-0.2, 0) is 11.8 Å². The van der Waals surface area contributed by atoms with Crippen LogP contribution >= 0.6 is 24.8 Å². The van der Waals surface area contributed by atoms with Crippen molar-refractivity contribution in [2.24, 2.45) is 13.0 Å². The van der Waals surface area contributed by atoms with Gasteiger partial charge in [0.1, 0.15) is 11.6 Å². The van der Waals surface area contributed by atoms with Gasteiger partial charge in [-0.15, -0.1) is 24.8 Å². The molecule has 0 unspecified atom stereocenters. The van der Waals surface area contributed by atoms with Crippen molar-refractivity contribution < 1.29 is 9.18 Å². The maximum absolute atomic E-state index is 13.5. The number of benzene rings is 2. The van der Waals surface area contributed by atoms with E-state index in [0.29, 0.717) is 17.9 Å². The normalized spacial score (nSPS) is 14.0. The molecule has 4 rings (SSSR count). The number of nitrogens with zero attached hydrogens (tertiary/aromatic N) is 2. The predicted octanol–water partition coefficient (Wildman–Crippen LogP) is 5.25. The number of fused-ring (bicyclic) bond motifs is 1. The zero-order valence-electron chi connectivity index (χ0n) is 17.8. The van der Waals surface area contributed by atoms with E-state index in [-0.39, 0.29) is 36.5 Å². The highest BCUT2D eigenvalue weighted by molar-refractivity contribution is 5.92. The average Bonchev–Trinajstić information content (AvgIpc) is 3.04. The first-order valence-electron chi connectivity index (χ1n) is 10.2. The maximum atomic E-state index is 13.5. The number of carbonyl (C=O) groups excluding carboxylic acids is 1. The molecule has 0 spiro atoms. The lowest BCUT2D eigenvalue weighted by molar-refractivity contribution is -0.116. The number of piperidine rings is 1. The van der Waals surface area contributed by atoms with Gasteiger partial charge in [0.15, 0.2) is 0 Å². The Morgan fingerprint density at radius 1 is 1.19 bits per heavy atom. The third kappa shape index (κ3) is 5.76. The number of aryl methyl sites for hydroxylation is 2.